The summed E-state index contributed by atoms with van der Waals surface area (Å²) >= 11 is 11.8. The second-order valence-electron chi connectivity index (χ2n) is 5.99. The molecule has 0 fully saturated rings. The summed E-state index contributed by atoms with van der Waals surface area (Å²) in [6, 6.07) is 11.2. The number of Topliss-reactive ketones (excluding diaryl/α,β-unsaturated/α-hetero) is 1. The molecule has 144 valence electrons. The first-order chi connectivity index (χ1) is 13.9. The van der Waals surface area contributed by atoms with Crippen LogP contribution in [0, 0.1) is 12.4 Å². The Morgan fingerprint density at radius 1 is 1.03 bits per heavy atom. The Kier molecular flexibility index (Phi) is 6.23. The second-order valence-corrected chi connectivity index (χ2v) is 6.87. The lowest BCUT2D eigenvalue weighted by Crippen LogP contribution is -2.17. The monoisotopic (exact) mass is 427 g/mol. The Bertz CT molecular complexity index is 1140. The molecule has 1 amide bonds. The molecule has 0 radical (unpaired) electrons. The van der Waals surface area contributed by atoms with E-state index >= 15 is 0 Å². The molecular weight excluding hydrogens is 416 g/mol. The van der Waals surface area contributed by atoms with Crippen LogP contribution in [0.25, 0.3) is 4.85 Å². The zero-order valence-electron chi connectivity index (χ0n) is 14.7. The fourth-order valence-electron chi connectivity index (χ4n) is 2.62. The maximum absolute atomic E-state index is 14.2. The highest BCUT2D eigenvalue weighted by molar-refractivity contribution is 6.31. The number of nitrogens with one attached hydrogen (secondary N) is 1. The normalized spacial score (nSPS) is 10.3. The third kappa shape index (κ3) is 4.96. The van der Waals surface area contributed by atoms with Crippen molar-refractivity contribution >= 4 is 46.4 Å². The zero-order valence-corrected chi connectivity index (χ0v) is 16.3. The Hall–Kier alpha value is -3.27. The molecule has 1 heterocycles. The van der Waals surface area contributed by atoms with Crippen molar-refractivity contribution in [2.75, 3.05) is 5.32 Å². The van der Waals surface area contributed by atoms with Crippen LogP contribution in [0.3, 0.4) is 0 Å². The average Bonchev–Trinajstić information content (AvgIpc) is 2.70. The summed E-state index contributed by atoms with van der Waals surface area (Å²) in [7, 11) is 0. The summed E-state index contributed by atoms with van der Waals surface area (Å²) in [6.07, 6.45) is 1.16. The molecule has 1 N–H and O–H groups in total. The van der Waals surface area contributed by atoms with E-state index in [-0.39, 0.29) is 29.1 Å². The molecule has 0 saturated carbocycles. The van der Waals surface area contributed by atoms with E-state index in [1.54, 1.807) is 12.1 Å². The van der Waals surface area contributed by atoms with Crippen LogP contribution < -0.4 is 5.32 Å². The molecule has 3 rings (SSSR count). The Balaban J connectivity index is 1.86. The van der Waals surface area contributed by atoms with Gasteiger partial charge in [0.25, 0.3) is 5.91 Å². The summed E-state index contributed by atoms with van der Waals surface area (Å²) in [6.45, 7) is 6.90. The first-order valence-electron chi connectivity index (χ1n) is 8.29. The number of hydrogen-bond donors (Lipinski definition) is 1. The van der Waals surface area contributed by atoms with Crippen molar-refractivity contribution < 1.29 is 14.0 Å². The molecular formula is C21H12Cl2FN3O2. The molecule has 0 aliphatic carbocycles. The molecule has 3 aromatic rings. The smallest absolute Gasteiger partial charge is 0.257 e. The van der Waals surface area contributed by atoms with Gasteiger partial charge in [-0.15, -0.1) is 0 Å². The van der Waals surface area contributed by atoms with Gasteiger partial charge in [-0.25, -0.2) is 14.2 Å². The number of nitrogens with zero attached hydrogens (tertiary/aromatic N) is 2. The van der Waals surface area contributed by atoms with Gasteiger partial charge in [0.05, 0.1) is 17.2 Å². The van der Waals surface area contributed by atoms with Crippen LogP contribution in [0.5, 0.6) is 0 Å². The quantitative estimate of drug-likeness (QED) is 0.416. The zero-order chi connectivity index (χ0) is 21.0. The average molecular weight is 428 g/mol. The van der Waals surface area contributed by atoms with Crippen LogP contribution in [-0.4, -0.2) is 16.7 Å². The van der Waals surface area contributed by atoms with Gasteiger partial charge < -0.3 is 5.32 Å². The van der Waals surface area contributed by atoms with Crippen LogP contribution in [0.15, 0.2) is 54.7 Å². The standard InChI is InChI=1S/C21H12Cl2FN3O2/c1-25-15-5-6-16(18(24)10-15)19(28)8-12-2-3-13(22)9-17(12)21(29)27-20-7-4-14(23)11-26-20/h2-7,9-11H,8H2,(H,26,27,29). The van der Waals surface area contributed by atoms with E-state index in [0.29, 0.717) is 15.6 Å². The molecule has 0 aliphatic rings. The number of carbonyl (C=O) groups is 2. The molecule has 2 aromatic carbocycles. The first-order valence-corrected chi connectivity index (χ1v) is 9.04. The van der Waals surface area contributed by atoms with Crippen LogP contribution in [-0.2, 0) is 6.42 Å². The molecule has 0 saturated heterocycles. The number of amides is 1. The summed E-state index contributed by atoms with van der Waals surface area (Å²) in [4.78, 5) is 32.4. The number of pyridine rings is 1. The number of halogens is 3. The summed E-state index contributed by atoms with van der Waals surface area (Å²) in [5.41, 5.74) is 0.486. The van der Waals surface area contributed by atoms with Crippen LogP contribution in [0.4, 0.5) is 15.9 Å². The molecule has 0 bridgehead atoms. The highest BCUT2D eigenvalue weighted by Gasteiger charge is 2.18. The van der Waals surface area contributed by atoms with Crippen LogP contribution in [0.1, 0.15) is 26.3 Å². The van der Waals surface area contributed by atoms with E-state index in [1.165, 1.54) is 36.5 Å². The van der Waals surface area contributed by atoms with Gasteiger partial charge in [-0.1, -0.05) is 41.4 Å². The summed E-state index contributed by atoms with van der Waals surface area (Å²) in [5.74, 6) is -1.56. The third-order valence-corrected chi connectivity index (χ3v) is 4.48. The number of aromatic nitrogens is 1. The Morgan fingerprint density at radius 2 is 1.79 bits per heavy atom. The van der Waals surface area contributed by atoms with Gasteiger partial charge in [0.15, 0.2) is 11.5 Å². The molecule has 0 aliphatic heterocycles. The Morgan fingerprint density at radius 3 is 2.45 bits per heavy atom. The molecule has 8 heteroatoms. The van der Waals surface area contributed by atoms with Crippen molar-refractivity contribution in [3.63, 3.8) is 0 Å². The lowest BCUT2D eigenvalue weighted by atomic mass is 9.98. The lowest BCUT2D eigenvalue weighted by Gasteiger charge is -2.11. The molecule has 29 heavy (non-hydrogen) atoms. The number of ketones is 1. The maximum Gasteiger partial charge on any atom is 0.257 e. The van der Waals surface area contributed by atoms with Gasteiger partial charge in [0.1, 0.15) is 11.6 Å². The van der Waals surface area contributed by atoms with Gasteiger partial charge in [-0.3, -0.25) is 9.59 Å². The molecule has 0 atom stereocenters. The highest BCUT2D eigenvalue weighted by atomic mass is 35.5. The van der Waals surface area contributed by atoms with Crippen LogP contribution >= 0.6 is 23.2 Å². The third-order valence-electron chi connectivity index (χ3n) is 4.02. The van der Waals surface area contributed by atoms with Crippen LogP contribution in [0.2, 0.25) is 10.0 Å². The van der Waals surface area contributed by atoms with Gasteiger partial charge in [-0.2, -0.15) is 0 Å². The van der Waals surface area contributed by atoms with E-state index in [2.05, 4.69) is 15.1 Å². The maximum atomic E-state index is 14.2. The number of hydrogen-bond acceptors (Lipinski definition) is 3. The minimum atomic E-state index is -0.783. The highest BCUT2D eigenvalue weighted by Crippen LogP contribution is 2.22. The molecule has 0 spiro atoms. The van der Waals surface area contributed by atoms with Gasteiger partial charge in [-0.05, 0) is 35.9 Å². The van der Waals surface area contributed by atoms with Gasteiger partial charge in [0.2, 0.25) is 0 Å². The topological polar surface area (TPSA) is 63.4 Å². The summed E-state index contributed by atoms with van der Waals surface area (Å²) in [5, 5.41) is 3.33. The SMILES string of the molecule is [C-]#[N+]c1ccc(C(=O)Cc2ccc(Cl)cc2C(=O)Nc2ccc(Cl)cn2)c(F)c1. The van der Waals surface area contributed by atoms with E-state index in [9.17, 15) is 14.0 Å². The van der Waals surface area contributed by atoms with Crippen molar-refractivity contribution in [1.82, 2.24) is 4.98 Å². The van der Waals surface area contributed by atoms with E-state index in [0.717, 1.165) is 6.07 Å². The van der Waals surface area contributed by atoms with Gasteiger partial charge >= 0.3 is 0 Å². The number of anilines is 1. The van der Waals surface area contributed by atoms with Crippen molar-refractivity contribution in [2.45, 2.75) is 6.42 Å². The number of carbonyl (C=O) groups excluding carboxylic acids is 2. The fraction of sp³-hybridized carbons (Fsp3) is 0.0476. The molecule has 5 nitrogen and oxygen atoms in total. The largest absolute Gasteiger partial charge is 0.307 e. The van der Waals surface area contributed by atoms with E-state index in [1.807, 2.05) is 0 Å². The fourth-order valence-corrected chi connectivity index (χ4v) is 2.90. The number of rotatable bonds is 5. The minimum Gasteiger partial charge on any atom is -0.307 e. The predicted octanol–water partition coefficient (Wildman–Crippen LogP) is 5.76. The van der Waals surface area contributed by atoms with Crippen molar-refractivity contribution in [3.05, 3.63) is 98.7 Å². The minimum absolute atomic E-state index is 0.0982. The summed E-state index contributed by atoms with van der Waals surface area (Å²) < 4.78 is 14.2. The molecule has 0 unspecified atom stereocenters. The lowest BCUT2D eigenvalue weighted by molar-refractivity contribution is 0.0989. The van der Waals surface area contributed by atoms with Crippen molar-refractivity contribution in [2.24, 2.45) is 0 Å². The van der Waals surface area contributed by atoms with Gasteiger partial charge in [0, 0.05) is 23.2 Å². The van der Waals surface area contributed by atoms with E-state index in [4.69, 9.17) is 29.8 Å². The van der Waals surface area contributed by atoms with E-state index < -0.39 is 17.5 Å². The molecule has 1 aromatic heterocycles. The predicted molar refractivity (Wildman–Crippen MR) is 109 cm³/mol. The number of benzene rings is 2. The first kappa shape index (κ1) is 20.5. The van der Waals surface area contributed by atoms with Crippen molar-refractivity contribution in [1.29, 1.82) is 0 Å². The second kappa shape index (κ2) is 8.82. The van der Waals surface area contributed by atoms with Crippen molar-refractivity contribution in [3.8, 4) is 0 Å². The Labute approximate surface area is 175 Å².